The summed E-state index contributed by atoms with van der Waals surface area (Å²) in [5.74, 6) is -0.773. The van der Waals surface area contributed by atoms with Crippen molar-refractivity contribution in [2.75, 3.05) is 36.4 Å². The van der Waals surface area contributed by atoms with Gasteiger partial charge in [-0.05, 0) is 42.2 Å². The van der Waals surface area contributed by atoms with Gasteiger partial charge >= 0.3 is 0 Å². The van der Waals surface area contributed by atoms with E-state index in [0.717, 1.165) is 38.4 Å². The topological polar surface area (TPSA) is 91.8 Å². The third-order valence-corrected chi connectivity index (χ3v) is 5.98. The van der Waals surface area contributed by atoms with Crippen molar-refractivity contribution in [3.8, 4) is 11.6 Å². The van der Waals surface area contributed by atoms with Gasteiger partial charge < -0.3 is 25.4 Å². The molecule has 1 fully saturated rings. The molecule has 0 saturated carbocycles. The lowest BCUT2D eigenvalue weighted by molar-refractivity contribution is 0.102. The van der Waals surface area contributed by atoms with Gasteiger partial charge in [0.1, 0.15) is 5.56 Å². The molecule has 4 N–H and O–H groups in total. The van der Waals surface area contributed by atoms with E-state index >= 15 is 0 Å². The SMILES string of the molecule is CC(C)Cc1[nH]c(O)c(C(=O)Nc2ccc(N3CCN(Cc4ccccc4)CC3)cc2)c1O. The van der Waals surface area contributed by atoms with Crippen LogP contribution in [-0.4, -0.2) is 52.2 Å². The van der Waals surface area contributed by atoms with E-state index in [0.29, 0.717) is 17.8 Å². The molecule has 1 amide bonds. The van der Waals surface area contributed by atoms with Crippen LogP contribution in [0.25, 0.3) is 0 Å². The fourth-order valence-corrected chi connectivity index (χ4v) is 4.25. The number of nitrogens with one attached hydrogen (secondary N) is 2. The van der Waals surface area contributed by atoms with Crippen molar-refractivity contribution in [1.82, 2.24) is 9.88 Å². The fourth-order valence-electron chi connectivity index (χ4n) is 4.25. The highest BCUT2D eigenvalue weighted by Gasteiger charge is 2.24. The number of benzene rings is 2. The zero-order valence-corrected chi connectivity index (χ0v) is 19.2. The maximum absolute atomic E-state index is 12.7. The van der Waals surface area contributed by atoms with Gasteiger partial charge in [-0.3, -0.25) is 9.69 Å². The lowest BCUT2D eigenvalue weighted by atomic mass is 10.1. The van der Waals surface area contributed by atoms with Crippen LogP contribution >= 0.6 is 0 Å². The second-order valence-corrected chi connectivity index (χ2v) is 9.02. The summed E-state index contributed by atoms with van der Waals surface area (Å²) in [4.78, 5) is 20.2. The van der Waals surface area contributed by atoms with E-state index in [1.807, 2.05) is 44.2 Å². The number of aromatic amines is 1. The number of aromatic hydroxyl groups is 2. The van der Waals surface area contributed by atoms with Crippen LogP contribution in [0.15, 0.2) is 54.6 Å². The van der Waals surface area contributed by atoms with Gasteiger partial charge in [0.2, 0.25) is 5.88 Å². The molecule has 0 spiro atoms. The highest BCUT2D eigenvalue weighted by atomic mass is 16.3. The first-order valence-electron chi connectivity index (χ1n) is 11.5. The molecule has 2 aromatic carbocycles. The van der Waals surface area contributed by atoms with Crippen molar-refractivity contribution in [3.05, 3.63) is 71.4 Å². The molecule has 0 atom stereocenters. The predicted molar refractivity (Wildman–Crippen MR) is 131 cm³/mol. The third kappa shape index (κ3) is 5.49. The first-order chi connectivity index (χ1) is 15.9. The molecule has 7 heteroatoms. The van der Waals surface area contributed by atoms with Crippen LogP contribution in [0.4, 0.5) is 11.4 Å². The molecule has 0 radical (unpaired) electrons. The first kappa shape index (κ1) is 22.7. The van der Waals surface area contributed by atoms with Gasteiger partial charge in [-0.15, -0.1) is 0 Å². The lowest BCUT2D eigenvalue weighted by Crippen LogP contribution is -2.45. The minimum absolute atomic E-state index is 0.121. The van der Waals surface area contributed by atoms with Crippen LogP contribution in [0.5, 0.6) is 11.6 Å². The number of piperazine rings is 1. The van der Waals surface area contributed by atoms with Crippen molar-refractivity contribution in [2.24, 2.45) is 5.92 Å². The van der Waals surface area contributed by atoms with Gasteiger partial charge in [0.25, 0.3) is 5.91 Å². The molecule has 0 aliphatic carbocycles. The second-order valence-electron chi connectivity index (χ2n) is 9.02. The smallest absolute Gasteiger partial charge is 0.264 e. The van der Waals surface area contributed by atoms with Crippen LogP contribution in [0.2, 0.25) is 0 Å². The molecule has 1 aromatic heterocycles. The Morgan fingerprint density at radius 1 is 1.00 bits per heavy atom. The molecule has 4 rings (SSSR count). The van der Waals surface area contributed by atoms with Crippen LogP contribution in [0, 0.1) is 5.92 Å². The molecule has 3 aromatic rings. The maximum Gasteiger partial charge on any atom is 0.264 e. The molecule has 0 bridgehead atoms. The largest absolute Gasteiger partial charge is 0.505 e. The van der Waals surface area contributed by atoms with Gasteiger partial charge in [0.15, 0.2) is 5.75 Å². The standard InChI is InChI=1S/C26H32N4O3/c1-18(2)16-22-24(31)23(26(33)28-22)25(32)27-20-8-10-21(11-9-20)30-14-12-29(13-15-30)17-19-6-4-3-5-7-19/h3-11,18,28,31,33H,12-17H2,1-2H3,(H,27,32). The van der Waals surface area contributed by atoms with E-state index < -0.39 is 5.91 Å². The Kier molecular flexibility index (Phi) is 6.89. The van der Waals surface area contributed by atoms with Crippen molar-refractivity contribution < 1.29 is 15.0 Å². The Morgan fingerprint density at radius 3 is 2.30 bits per heavy atom. The molecule has 0 unspecified atom stereocenters. The van der Waals surface area contributed by atoms with Crippen LogP contribution in [-0.2, 0) is 13.0 Å². The van der Waals surface area contributed by atoms with E-state index in [2.05, 4.69) is 44.4 Å². The number of rotatable bonds is 7. The monoisotopic (exact) mass is 448 g/mol. The Morgan fingerprint density at radius 2 is 1.67 bits per heavy atom. The van der Waals surface area contributed by atoms with E-state index in [-0.39, 0.29) is 23.1 Å². The van der Waals surface area contributed by atoms with Crippen molar-refractivity contribution in [1.29, 1.82) is 0 Å². The van der Waals surface area contributed by atoms with Crippen molar-refractivity contribution in [2.45, 2.75) is 26.8 Å². The molecule has 1 aliphatic heterocycles. The first-order valence-corrected chi connectivity index (χ1v) is 11.5. The minimum atomic E-state index is -0.543. The highest BCUT2D eigenvalue weighted by Crippen LogP contribution is 2.33. The molecule has 2 heterocycles. The number of anilines is 2. The van der Waals surface area contributed by atoms with Crippen LogP contribution in [0.1, 0.15) is 35.5 Å². The molecule has 174 valence electrons. The predicted octanol–water partition coefficient (Wildman–Crippen LogP) is 4.20. The molecule has 33 heavy (non-hydrogen) atoms. The summed E-state index contributed by atoms with van der Waals surface area (Å²) in [7, 11) is 0. The number of hydrogen-bond donors (Lipinski definition) is 4. The van der Waals surface area contributed by atoms with E-state index in [1.165, 1.54) is 5.56 Å². The van der Waals surface area contributed by atoms with Crippen LogP contribution in [0.3, 0.4) is 0 Å². The normalized spacial score (nSPS) is 14.6. The molecular weight excluding hydrogens is 416 g/mol. The van der Waals surface area contributed by atoms with Gasteiger partial charge in [-0.1, -0.05) is 44.2 Å². The summed E-state index contributed by atoms with van der Waals surface area (Å²) in [6.45, 7) is 8.86. The quantitative estimate of drug-likeness (QED) is 0.435. The summed E-state index contributed by atoms with van der Waals surface area (Å²) in [5, 5.41) is 23.3. The van der Waals surface area contributed by atoms with E-state index in [9.17, 15) is 15.0 Å². The second kappa shape index (κ2) is 10.0. The zero-order chi connectivity index (χ0) is 23.4. The maximum atomic E-state index is 12.7. The number of aromatic nitrogens is 1. The zero-order valence-electron chi connectivity index (χ0n) is 19.2. The minimum Gasteiger partial charge on any atom is -0.505 e. The van der Waals surface area contributed by atoms with Gasteiger partial charge in [0.05, 0.1) is 5.69 Å². The molecule has 1 aliphatic rings. The van der Waals surface area contributed by atoms with E-state index in [4.69, 9.17) is 0 Å². The summed E-state index contributed by atoms with van der Waals surface area (Å²) in [5.41, 5.74) is 3.40. The Balaban J connectivity index is 1.34. The Hall–Kier alpha value is -3.45. The molecule has 1 saturated heterocycles. The third-order valence-electron chi connectivity index (χ3n) is 5.98. The Labute approximate surface area is 194 Å². The van der Waals surface area contributed by atoms with Crippen LogP contribution < -0.4 is 10.2 Å². The summed E-state index contributed by atoms with van der Waals surface area (Å²) in [6, 6.07) is 18.2. The number of H-pyrrole nitrogens is 1. The highest BCUT2D eigenvalue weighted by molar-refractivity contribution is 6.08. The number of nitrogens with zero attached hydrogens (tertiary/aromatic N) is 2. The van der Waals surface area contributed by atoms with Gasteiger partial charge in [0, 0.05) is 44.1 Å². The van der Waals surface area contributed by atoms with Gasteiger partial charge in [-0.25, -0.2) is 0 Å². The number of carbonyl (C=O) groups excluding carboxylic acids is 1. The average molecular weight is 449 g/mol. The average Bonchev–Trinajstić information content (AvgIpc) is 3.07. The number of hydrogen-bond acceptors (Lipinski definition) is 5. The van der Waals surface area contributed by atoms with Gasteiger partial charge in [-0.2, -0.15) is 0 Å². The van der Waals surface area contributed by atoms with E-state index in [1.54, 1.807) is 0 Å². The molecular formula is C26H32N4O3. The van der Waals surface area contributed by atoms with Crippen molar-refractivity contribution in [3.63, 3.8) is 0 Å². The number of amides is 1. The fraction of sp³-hybridized carbons (Fsp3) is 0.346. The molecule has 7 nitrogen and oxygen atoms in total. The summed E-state index contributed by atoms with van der Waals surface area (Å²) in [6.07, 6.45) is 0.542. The lowest BCUT2D eigenvalue weighted by Gasteiger charge is -2.36. The summed E-state index contributed by atoms with van der Waals surface area (Å²) >= 11 is 0. The number of carbonyl (C=O) groups is 1. The van der Waals surface area contributed by atoms with Crippen molar-refractivity contribution >= 4 is 17.3 Å². The summed E-state index contributed by atoms with van der Waals surface area (Å²) < 4.78 is 0. The Bertz CT molecular complexity index is 1070.